The van der Waals surface area contributed by atoms with Gasteiger partial charge < -0.3 is 10.3 Å². The van der Waals surface area contributed by atoms with E-state index >= 15 is 0 Å². The highest BCUT2D eigenvalue weighted by atomic mass is 32.2. The molecule has 0 radical (unpaired) electrons. The van der Waals surface area contributed by atoms with Gasteiger partial charge in [-0.1, -0.05) is 12.1 Å². The number of fused-ring (bicyclic) bond motifs is 3. The number of para-hydroxylation sites is 1. The van der Waals surface area contributed by atoms with Gasteiger partial charge in [0.2, 0.25) is 10.2 Å². The molecular formula is C10H7N3OS. The summed E-state index contributed by atoms with van der Waals surface area (Å²) in [6.07, 6.45) is 0. The first-order valence-electron chi connectivity index (χ1n) is 4.40. The minimum Gasteiger partial charge on any atom is -0.589 e. The van der Waals surface area contributed by atoms with Crippen LogP contribution in [0.4, 0.5) is 5.82 Å². The fourth-order valence-electron chi connectivity index (χ4n) is 1.67. The molecule has 1 atom stereocenters. The van der Waals surface area contributed by atoms with Crippen molar-refractivity contribution in [1.82, 2.24) is 9.97 Å². The Morgan fingerprint density at radius 2 is 2.07 bits per heavy atom. The van der Waals surface area contributed by atoms with Crippen LogP contribution in [0.25, 0.3) is 21.1 Å². The van der Waals surface area contributed by atoms with Crippen LogP contribution in [-0.2, 0) is 0 Å². The van der Waals surface area contributed by atoms with E-state index in [0.717, 1.165) is 10.9 Å². The Kier molecular flexibility index (Phi) is 1.65. The smallest absolute Gasteiger partial charge is 0.229 e. The number of rotatable bonds is 0. The molecule has 1 aromatic carbocycles. The molecule has 0 spiro atoms. The van der Waals surface area contributed by atoms with Gasteiger partial charge in [-0.3, -0.25) is 0 Å². The van der Waals surface area contributed by atoms with Gasteiger partial charge in [0, 0.05) is 0 Å². The van der Waals surface area contributed by atoms with Crippen molar-refractivity contribution < 1.29 is 4.55 Å². The first kappa shape index (κ1) is 8.58. The molecule has 2 aromatic heterocycles. The maximum absolute atomic E-state index is 11.7. The lowest BCUT2D eigenvalue weighted by Gasteiger charge is -1.99. The second kappa shape index (κ2) is 2.88. The molecular weight excluding hydrogens is 210 g/mol. The summed E-state index contributed by atoms with van der Waals surface area (Å²) < 4.78 is 12.4. The zero-order valence-electron chi connectivity index (χ0n) is 7.68. The number of hydrogen-bond donors (Lipinski definition) is 1. The minimum absolute atomic E-state index is 0.339. The highest BCUT2D eigenvalue weighted by Crippen LogP contribution is 2.34. The van der Waals surface area contributed by atoms with Gasteiger partial charge in [-0.2, -0.15) is 4.98 Å². The lowest BCUT2D eigenvalue weighted by Crippen LogP contribution is -1.92. The molecule has 3 aromatic rings. The Morgan fingerprint density at radius 1 is 1.27 bits per heavy atom. The number of nitrogens with two attached hydrogens (primary N) is 1. The van der Waals surface area contributed by atoms with Crippen LogP contribution in [0.5, 0.6) is 0 Å². The molecule has 74 valence electrons. The van der Waals surface area contributed by atoms with Crippen LogP contribution < -0.4 is 5.73 Å². The normalized spacial score (nSPS) is 12.5. The number of nitrogen functional groups attached to an aromatic ring is 1. The molecule has 0 amide bonds. The van der Waals surface area contributed by atoms with Gasteiger partial charge in [-0.25, -0.2) is 4.98 Å². The summed E-state index contributed by atoms with van der Waals surface area (Å²) in [4.78, 5) is 8.23. The Hall–Kier alpha value is -1.72. The van der Waals surface area contributed by atoms with Gasteiger partial charge in [0.25, 0.3) is 0 Å². The Balaban J connectivity index is 2.67. The number of anilines is 1. The highest BCUT2D eigenvalue weighted by Gasteiger charge is 2.15. The summed E-state index contributed by atoms with van der Waals surface area (Å²) in [6.45, 7) is 0. The third kappa shape index (κ3) is 1.10. The first-order valence-corrected chi connectivity index (χ1v) is 5.61. The molecule has 0 saturated heterocycles. The Morgan fingerprint density at radius 3 is 2.93 bits per heavy atom. The lowest BCUT2D eigenvalue weighted by molar-refractivity contribution is 0.600. The summed E-state index contributed by atoms with van der Waals surface area (Å²) in [5.74, 6) is 0.339. The number of nitrogens with zero attached hydrogens (tertiary/aromatic N) is 2. The second-order valence-electron chi connectivity index (χ2n) is 3.22. The largest absolute Gasteiger partial charge is 0.589 e. The quantitative estimate of drug-likeness (QED) is 0.585. The van der Waals surface area contributed by atoms with Crippen LogP contribution in [0, 0.1) is 0 Å². The van der Waals surface area contributed by atoms with Gasteiger partial charge in [-0.05, 0) is 22.9 Å². The first-order chi connectivity index (χ1) is 7.27. The zero-order valence-corrected chi connectivity index (χ0v) is 8.49. The molecule has 0 aliphatic heterocycles. The SMILES string of the molecule is Nc1nc2ccccc2c2c1nc[s+]2[O-]. The second-order valence-corrected chi connectivity index (χ2v) is 4.44. The number of pyridine rings is 1. The zero-order chi connectivity index (χ0) is 10.4. The highest BCUT2D eigenvalue weighted by molar-refractivity contribution is 7.30. The van der Waals surface area contributed by atoms with Crippen molar-refractivity contribution >= 4 is 37.7 Å². The molecule has 0 aliphatic rings. The molecule has 4 nitrogen and oxygen atoms in total. The predicted octanol–water partition coefficient (Wildman–Crippen LogP) is 2.09. The number of hydrogen-bond acceptors (Lipinski definition) is 4. The molecule has 15 heavy (non-hydrogen) atoms. The fraction of sp³-hybridized carbons (Fsp3) is 0. The van der Waals surface area contributed by atoms with Gasteiger partial charge in [0.1, 0.15) is 0 Å². The van der Waals surface area contributed by atoms with E-state index in [1.54, 1.807) is 0 Å². The van der Waals surface area contributed by atoms with Crippen molar-refractivity contribution in [3.05, 3.63) is 29.8 Å². The van der Waals surface area contributed by atoms with Crippen LogP contribution in [0.2, 0.25) is 0 Å². The summed E-state index contributed by atoms with van der Waals surface area (Å²) in [6, 6.07) is 7.49. The molecule has 3 rings (SSSR count). The van der Waals surface area contributed by atoms with Crippen LogP contribution in [-0.4, -0.2) is 14.5 Å². The Bertz CT molecular complexity index is 662. The van der Waals surface area contributed by atoms with Gasteiger partial charge in [-0.15, -0.1) is 0 Å². The third-order valence-electron chi connectivity index (χ3n) is 2.33. The molecule has 5 heteroatoms. The van der Waals surface area contributed by atoms with Crippen molar-refractivity contribution in [3.8, 4) is 0 Å². The van der Waals surface area contributed by atoms with E-state index < -0.39 is 10.8 Å². The van der Waals surface area contributed by atoms with E-state index in [2.05, 4.69) is 9.97 Å². The molecule has 2 N–H and O–H groups in total. The summed E-state index contributed by atoms with van der Waals surface area (Å²) >= 11 is 0. The maximum Gasteiger partial charge on any atom is 0.229 e. The van der Waals surface area contributed by atoms with Gasteiger partial charge >= 0.3 is 0 Å². The summed E-state index contributed by atoms with van der Waals surface area (Å²) in [5.41, 5.74) is 8.44. The van der Waals surface area contributed by atoms with Crippen LogP contribution in [0.15, 0.2) is 29.8 Å². The van der Waals surface area contributed by atoms with E-state index in [-0.39, 0.29) is 0 Å². The van der Waals surface area contributed by atoms with Gasteiger partial charge in [0.15, 0.2) is 11.3 Å². The summed E-state index contributed by atoms with van der Waals surface area (Å²) in [7, 11) is -1.19. The number of benzene rings is 1. The van der Waals surface area contributed by atoms with E-state index in [4.69, 9.17) is 5.73 Å². The molecule has 0 aliphatic carbocycles. The van der Waals surface area contributed by atoms with Crippen LogP contribution >= 0.6 is 10.8 Å². The topological polar surface area (TPSA) is 74.9 Å². The molecule has 2 heterocycles. The predicted molar refractivity (Wildman–Crippen MR) is 60.1 cm³/mol. The lowest BCUT2D eigenvalue weighted by atomic mass is 10.2. The van der Waals surface area contributed by atoms with E-state index in [0.29, 0.717) is 16.0 Å². The molecule has 0 saturated carbocycles. The monoisotopic (exact) mass is 217 g/mol. The fourth-order valence-corrected chi connectivity index (χ4v) is 2.72. The Labute approximate surface area is 88.2 Å². The van der Waals surface area contributed by atoms with Gasteiger partial charge in [0.05, 0.1) is 10.9 Å². The molecule has 0 bridgehead atoms. The summed E-state index contributed by atoms with van der Waals surface area (Å²) in [5, 5.41) is 0.859. The minimum atomic E-state index is -1.19. The third-order valence-corrected chi connectivity index (χ3v) is 3.44. The standard InChI is InChI=1S/C10H7N3OS/c11-10-8-9(15(14)5-12-8)6-3-1-2-4-7(6)13-10/h1-5H,(H2,11,13). The molecule has 0 fully saturated rings. The van der Waals surface area contributed by atoms with Crippen molar-refractivity contribution in [2.45, 2.75) is 0 Å². The van der Waals surface area contributed by atoms with Crippen LogP contribution in [0.3, 0.4) is 0 Å². The average Bonchev–Trinajstić information content (AvgIpc) is 2.62. The van der Waals surface area contributed by atoms with Crippen molar-refractivity contribution in [1.29, 1.82) is 0 Å². The van der Waals surface area contributed by atoms with E-state index in [1.165, 1.54) is 5.51 Å². The number of thiazole rings is 1. The average molecular weight is 217 g/mol. The van der Waals surface area contributed by atoms with E-state index in [1.807, 2.05) is 24.3 Å². The number of aromatic nitrogens is 2. The van der Waals surface area contributed by atoms with E-state index in [9.17, 15) is 4.55 Å². The maximum atomic E-state index is 11.7. The van der Waals surface area contributed by atoms with Crippen molar-refractivity contribution in [2.24, 2.45) is 0 Å². The van der Waals surface area contributed by atoms with Crippen molar-refractivity contribution in [3.63, 3.8) is 0 Å². The van der Waals surface area contributed by atoms with Crippen molar-refractivity contribution in [2.75, 3.05) is 5.73 Å². The molecule has 1 unspecified atom stereocenters. The van der Waals surface area contributed by atoms with Crippen LogP contribution in [0.1, 0.15) is 0 Å².